The molecule has 2 aromatic rings. The summed E-state index contributed by atoms with van der Waals surface area (Å²) in [5.41, 5.74) is 0.916. The van der Waals surface area contributed by atoms with Gasteiger partial charge < -0.3 is 14.8 Å². The van der Waals surface area contributed by atoms with Crippen LogP contribution in [0.4, 0.5) is 5.69 Å². The average molecular weight is 311 g/mol. The molecule has 1 heterocycles. The van der Waals surface area contributed by atoms with Gasteiger partial charge in [0, 0.05) is 18.3 Å². The van der Waals surface area contributed by atoms with Crippen LogP contribution in [-0.2, 0) is 0 Å². The Bertz CT molecular complexity index is 724. The average Bonchev–Trinajstić information content (AvgIpc) is 2.58. The van der Waals surface area contributed by atoms with Gasteiger partial charge in [0.25, 0.3) is 5.91 Å². The van der Waals surface area contributed by atoms with Gasteiger partial charge in [-0.2, -0.15) is 5.26 Å². The van der Waals surface area contributed by atoms with E-state index in [1.165, 1.54) is 6.20 Å². The normalized spacial score (nSPS) is 9.78. The summed E-state index contributed by atoms with van der Waals surface area (Å²) in [5.74, 6) is 0.556. The van der Waals surface area contributed by atoms with E-state index in [2.05, 4.69) is 10.3 Å². The lowest BCUT2D eigenvalue weighted by Gasteiger charge is -2.14. The van der Waals surface area contributed by atoms with Crippen molar-refractivity contribution in [2.24, 2.45) is 0 Å². The van der Waals surface area contributed by atoms with Crippen LogP contribution in [0.25, 0.3) is 0 Å². The molecular formula is C17H17N3O3. The molecule has 1 aromatic heterocycles. The van der Waals surface area contributed by atoms with E-state index in [9.17, 15) is 10.1 Å². The highest BCUT2D eigenvalue weighted by molar-refractivity contribution is 6.03. The molecule has 1 amide bonds. The second-order valence-corrected chi connectivity index (χ2v) is 4.49. The van der Waals surface area contributed by atoms with Gasteiger partial charge in [0.05, 0.1) is 24.5 Å². The minimum Gasteiger partial charge on any atom is -0.490 e. The molecule has 0 unspecified atom stereocenters. The number of aromatic nitrogens is 1. The highest BCUT2D eigenvalue weighted by atomic mass is 16.5. The second kappa shape index (κ2) is 7.80. The number of pyridine rings is 1. The first-order valence-corrected chi connectivity index (χ1v) is 7.25. The van der Waals surface area contributed by atoms with Gasteiger partial charge in [-0.3, -0.25) is 9.78 Å². The fraction of sp³-hybridized carbons (Fsp3) is 0.235. The Morgan fingerprint density at radius 3 is 2.48 bits per heavy atom. The van der Waals surface area contributed by atoms with Gasteiger partial charge in [-0.25, -0.2) is 0 Å². The molecule has 118 valence electrons. The third kappa shape index (κ3) is 3.98. The Kier molecular flexibility index (Phi) is 5.53. The zero-order valence-corrected chi connectivity index (χ0v) is 13.0. The molecule has 0 saturated heterocycles. The molecule has 0 fully saturated rings. The number of hydrogen-bond donors (Lipinski definition) is 1. The van der Waals surface area contributed by atoms with Crippen molar-refractivity contribution in [2.45, 2.75) is 13.8 Å². The van der Waals surface area contributed by atoms with Crippen LogP contribution in [0.15, 0.2) is 36.5 Å². The number of carbonyl (C=O) groups excluding carboxylic acids is 1. The minimum absolute atomic E-state index is 0.267. The van der Waals surface area contributed by atoms with Crippen molar-refractivity contribution >= 4 is 11.6 Å². The van der Waals surface area contributed by atoms with Crippen LogP contribution in [0.1, 0.15) is 29.9 Å². The van der Waals surface area contributed by atoms with Crippen LogP contribution >= 0.6 is 0 Å². The first-order chi connectivity index (χ1) is 11.2. The summed E-state index contributed by atoms with van der Waals surface area (Å²) in [7, 11) is 0. The highest BCUT2D eigenvalue weighted by Crippen LogP contribution is 2.33. The fourth-order valence-electron chi connectivity index (χ4n) is 1.98. The standard InChI is InChI=1S/C17H17N3O3/c1-3-22-15-9-12(11-18)14(10-16(15)23-4-2)20-17(21)13-7-5-6-8-19-13/h5-10H,3-4H2,1-2H3,(H,20,21). The Balaban J connectivity index is 2.35. The zero-order chi connectivity index (χ0) is 16.7. The van der Waals surface area contributed by atoms with Crippen molar-refractivity contribution in [3.63, 3.8) is 0 Å². The summed E-state index contributed by atoms with van der Waals surface area (Å²) < 4.78 is 11.0. The van der Waals surface area contributed by atoms with Crippen molar-refractivity contribution in [3.8, 4) is 17.6 Å². The maximum Gasteiger partial charge on any atom is 0.274 e. The Labute approximate surface area is 134 Å². The van der Waals surface area contributed by atoms with Crippen LogP contribution in [-0.4, -0.2) is 24.1 Å². The van der Waals surface area contributed by atoms with Gasteiger partial charge in [-0.15, -0.1) is 0 Å². The van der Waals surface area contributed by atoms with Crippen molar-refractivity contribution in [3.05, 3.63) is 47.8 Å². The Hall–Kier alpha value is -3.07. The number of nitrogens with one attached hydrogen (secondary N) is 1. The lowest BCUT2D eigenvalue weighted by molar-refractivity contribution is 0.102. The number of hydrogen-bond acceptors (Lipinski definition) is 5. The number of ether oxygens (including phenoxy) is 2. The van der Waals surface area contributed by atoms with E-state index in [0.29, 0.717) is 36.0 Å². The quantitative estimate of drug-likeness (QED) is 0.886. The van der Waals surface area contributed by atoms with Gasteiger partial charge in [0.15, 0.2) is 11.5 Å². The third-order valence-electron chi connectivity index (χ3n) is 2.95. The van der Waals surface area contributed by atoms with E-state index in [-0.39, 0.29) is 5.69 Å². The maximum absolute atomic E-state index is 12.2. The first-order valence-electron chi connectivity index (χ1n) is 7.25. The van der Waals surface area contributed by atoms with Crippen molar-refractivity contribution in [1.82, 2.24) is 4.98 Å². The van der Waals surface area contributed by atoms with Crippen LogP contribution in [0.5, 0.6) is 11.5 Å². The largest absolute Gasteiger partial charge is 0.490 e. The molecule has 6 nitrogen and oxygen atoms in total. The third-order valence-corrected chi connectivity index (χ3v) is 2.95. The van der Waals surface area contributed by atoms with Crippen LogP contribution in [0.2, 0.25) is 0 Å². The second-order valence-electron chi connectivity index (χ2n) is 4.49. The van der Waals surface area contributed by atoms with E-state index in [0.717, 1.165) is 0 Å². The molecule has 0 aliphatic rings. The molecule has 6 heteroatoms. The number of rotatable bonds is 6. The molecule has 0 aliphatic heterocycles. The number of benzene rings is 1. The Morgan fingerprint density at radius 2 is 1.91 bits per heavy atom. The molecule has 23 heavy (non-hydrogen) atoms. The molecular weight excluding hydrogens is 294 g/mol. The Morgan fingerprint density at radius 1 is 1.22 bits per heavy atom. The molecule has 0 saturated carbocycles. The first kappa shape index (κ1) is 16.3. The summed E-state index contributed by atoms with van der Waals surface area (Å²) in [6, 6.07) is 10.2. The highest BCUT2D eigenvalue weighted by Gasteiger charge is 2.15. The molecule has 0 aliphatic carbocycles. The van der Waals surface area contributed by atoms with Gasteiger partial charge in [0.1, 0.15) is 11.8 Å². The van der Waals surface area contributed by atoms with E-state index in [1.54, 1.807) is 30.3 Å². The van der Waals surface area contributed by atoms with E-state index in [1.807, 2.05) is 19.9 Å². The lowest BCUT2D eigenvalue weighted by Crippen LogP contribution is -2.14. The van der Waals surface area contributed by atoms with E-state index >= 15 is 0 Å². The summed E-state index contributed by atoms with van der Waals surface area (Å²) in [5, 5.41) is 12.0. The van der Waals surface area contributed by atoms with E-state index in [4.69, 9.17) is 9.47 Å². The number of nitriles is 1. The SMILES string of the molecule is CCOc1cc(C#N)c(NC(=O)c2ccccn2)cc1OCC. The number of nitrogens with zero attached hydrogens (tertiary/aromatic N) is 2. The predicted molar refractivity (Wildman–Crippen MR) is 85.7 cm³/mol. The summed E-state index contributed by atoms with van der Waals surface area (Å²) in [6.07, 6.45) is 1.53. The molecule has 1 aromatic carbocycles. The molecule has 0 radical (unpaired) electrons. The molecule has 1 N–H and O–H groups in total. The van der Waals surface area contributed by atoms with Crippen LogP contribution < -0.4 is 14.8 Å². The fourth-order valence-corrected chi connectivity index (χ4v) is 1.98. The van der Waals surface area contributed by atoms with Gasteiger partial charge in [-0.05, 0) is 26.0 Å². The number of carbonyl (C=O) groups is 1. The van der Waals surface area contributed by atoms with Crippen LogP contribution in [0.3, 0.4) is 0 Å². The predicted octanol–water partition coefficient (Wildman–Crippen LogP) is 3.00. The smallest absolute Gasteiger partial charge is 0.274 e. The number of anilines is 1. The van der Waals surface area contributed by atoms with Gasteiger partial charge >= 0.3 is 0 Å². The summed E-state index contributed by atoms with van der Waals surface area (Å²) >= 11 is 0. The molecule has 0 spiro atoms. The summed E-state index contributed by atoms with van der Waals surface area (Å²) in [4.78, 5) is 16.2. The monoisotopic (exact) mass is 311 g/mol. The van der Waals surface area contributed by atoms with Crippen molar-refractivity contribution in [2.75, 3.05) is 18.5 Å². The number of amides is 1. The van der Waals surface area contributed by atoms with Gasteiger partial charge in [0.2, 0.25) is 0 Å². The lowest BCUT2D eigenvalue weighted by atomic mass is 10.1. The maximum atomic E-state index is 12.2. The molecule has 2 rings (SSSR count). The zero-order valence-electron chi connectivity index (χ0n) is 13.0. The van der Waals surface area contributed by atoms with E-state index < -0.39 is 5.91 Å². The van der Waals surface area contributed by atoms with Crippen molar-refractivity contribution < 1.29 is 14.3 Å². The van der Waals surface area contributed by atoms with Crippen LogP contribution in [0, 0.1) is 11.3 Å². The molecule has 0 atom stereocenters. The van der Waals surface area contributed by atoms with Crippen molar-refractivity contribution in [1.29, 1.82) is 5.26 Å². The van der Waals surface area contributed by atoms with Gasteiger partial charge in [-0.1, -0.05) is 6.07 Å². The summed E-state index contributed by atoms with van der Waals surface area (Å²) in [6.45, 7) is 4.59. The minimum atomic E-state index is -0.395. The topological polar surface area (TPSA) is 84.2 Å². The molecule has 0 bridgehead atoms.